The van der Waals surface area contributed by atoms with Crippen LogP contribution in [0.3, 0.4) is 0 Å². The van der Waals surface area contributed by atoms with E-state index >= 15 is 0 Å². The van der Waals surface area contributed by atoms with Gasteiger partial charge in [-0.2, -0.15) is 0 Å². The van der Waals surface area contributed by atoms with Gasteiger partial charge in [0.05, 0.1) is 0 Å². The normalized spacial score (nSPS) is 10.7. The van der Waals surface area contributed by atoms with Crippen molar-refractivity contribution in [2.75, 3.05) is 5.73 Å². The number of anilines is 1. The van der Waals surface area contributed by atoms with E-state index in [1.54, 1.807) is 6.07 Å². The van der Waals surface area contributed by atoms with Crippen LogP contribution in [0.5, 0.6) is 0 Å². The summed E-state index contributed by atoms with van der Waals surface area (Å²) in [6.45, 7) is 5.85. The molecule has 1 aromatic carbocycles. The predicted octanol–water partition coefficient (Wildman–Crippen LogP) is 3.27. The summed E-state index contributed by atoms with van der Waals surface area (Å²) in [5.41, 5.74) is 9.27. The Morgan fingerprint density at radius 2 is 1.72 bits per heavy atom. The monoisotopic (exact) mass is 263 g/mol. The molecule has 0 fully saturated rings. The van der Waals surface area contributed by atoms with Crippen molar-refractivity contribution in [1.29, 1.82) is 0 Å². The number of hydrogen-bond acceptors (Lipinski definition) is 4. The number of aromatic nitrogens is 2. The molecule has 0 amide bonds. The van der Waals surface area contributed by atoms with Gasteiger partial charge < -0.3 is 5.73 Å². The van der Waals surface area contributed by atoms with Gasteiger partial charge in [0.25, 0.3) is 0 Å². The largest absolute Gasteiger partial charge is 0.398 e. The van der Waals surface area contributed by atoms with Crippen LogP contribution in [0, 0.1) is 26.6 Å². The zero-order valence-corrected chi connectivity index (χ0v) is 11.3. The highest BCUT2D eigenvalue weighted by molar-refractivity contribution is 7.99. The summed E-state index contributed by atoms with van der Waals surface area (Å²) in [5, 5.41) is 0.591. The molecule has 5 heteroatoms. The molecule has 2 rings (SSSR count). The summed E-state index contributed by atoms with van der Waals surface area (Å²) in [7, 11) is 0. The van der Waals surface area contributed by atoms with Gasteiger partial charge in [-0.15, -0.1) is 0 Å². The molecule has 0 radical (unpaired) electrons. The first kappa shape index (κ1) is 12.8. The lowest BCUT2D eigenvalue weighted by Gasteiger charge is -2.08. The van der Waals surface area contributed by atoms with Crippen molar-refractivity contribution in [3.8, 4) is 0 Å². The van der Waals surface area contributed by atoms with Crippen LogP contribution < -0.4 is 5.73 Å². The van der Waals surface area contributed by atoms with Gasteiger partial charge in [-0.3, -0.25) is 0 Å². The van der Waals surface area contributed by atoms with Crippen LogP contribution in [-0.4, -0.2) is 9.97 Å². The minimum absolute atomic E-state index is 0.313. The highest BCUT2D eigenvalue weighted by Gasteiger charge is 2.09. The third kappa shape index (κ3) is 2.61. The van der Waals surface area contributed by atoms with Crippen molar-refractivity contribution in [2.24, 2.45) is 0 Å². The van der Waals surface area contributed by atoms with Crippen LogP contribution in [-0.2, 0) is 0 Å². The fourth-order valence-electron chi connectivity index (χ4n) is 1.48. The maximum atomic E-state index is 13.2. The van der Waals surface area contributed by atoms with Crippen LogP contribution in [0.1, 0.15) is 17.0 Å². The van der Waals surface area contributed by atoms with Crippen molar-refractivity contribution in [3.05, 3.63) is 41.0 Å². The molecule has 0 saturated heterocycles. The zero-order valence-electron chi connectivity index (χ0n) is 10.5. The van der Waals surface area contributed by atoms with Gasteiger partial charge in [-0.1, -0.05) is 0 Å². The Morgan fingerprint density at radius 3 is 2.33 bits per heavy atom. The summed E-state index contributed by atoms with van der Waals surface area (Å²) in [4.78, 5) is 9.38. The molecule has 0 aliphatic carbocycles. The fourth-order valence-corrected chi connectivity index (χ4v) is 2.40. The number of halogens is 1. The number of benzene rings is 1. The first-order valence-corrected chi connectivity index (χ1v) is 6.33. The molecule has 18 heavy (non-hydrogen) atoms. The molecule has 2 N–H and O–H groups in total. The van der Waals surface area contributed by atoms with Crippen LogP contribution >= 0.6 is 11.8 Å². The lowest BCUT2D eigenvalue weighted by molar-refractivity contribution is 0.624. The number of hydrogen-bond donors (Lipinski definition) is 1. The molecule has 0 bridgehead atoms. The van der Waals surface area contributed by atoms with E-state index in [4.69, 9.17) is 5.73 Å². The Balaban J connectivity index is 2.37. The van der Waals surface area contributed by atoms with Gasteiger partial charge >= 0.3 is 0 Å². The van der Waals surface area contributed by atoms with E-state index in [1.807, 2.05) is 20.8 Å². The minimum Gasteiger partial charge on any atom is -0.398 e. The van der Waals surface area contributed by atoms with Crippen LogP contribution in [0.15, 0.2) is 28.3 Å². The molecule has 94 valence electrons. The third-order valence-corrected chi connectivity index (χ3v) is 3.73. The molecular formula is C13H14FN3S. The zero-order chi connectivity index (χ0) is 13.3. The summed E-state index contributed by atoms with van der Waals surface area (Å²) in [5.74, 6) is -0.313. The second kappa shape index (κ2) is 4.94. The highest BCUT2D eigenvalue weighted by atomic mass is 32.2. The Hall–Kier alpha value is -1.62. The molecule has 1 heterocycles. The topological polar surface area (TPSA) is 51.8 Å². The van der Waals surface area contributed by atoms with Crippen LogP contribution in [0.25, 0.3) is 0 Å². The molecule has 1 aromatic heterocycles. The van der Waals surface area contributed by atoms with Gasteiger partial charge in [-0.25, -0.2) is 14.4 Å². The molecule has 0 unspecified atom stereocenters. The number of rotatable bonds is 2. The lowest BCUT2D eigenvalue weighted by atomic mass is 10.2. The molecule has 0 atom stereocenters. The maximum Gasteiger partial charge on any atom is 0.192 e. The van der Waals surface area contributed by atoms with Crippen molar-refractivity contribution in [2.45, 2.75) is 30.8 Å². The molecule has 2 aromatic rings. The third-order valence-electron chi connectivity index (χ3n) is 2.79. The number of nitrogens with zero attached hydrogens (tertiary/aromatic N) is 2. The van der Waals surface area contributed by atoms with E-state index in [1.165, 1.54) is 23.9 Å². The molecular weight excluding hydrogens is 249 g/mol. The van der Waals surface area contributed by atoms with Crippen molar-refractivity contribution in [3.63, 3.8) is 0 Å². The summed E-state index contributed by atoms with van der Waals surface area (Å²) in [6, 6.07) is 4.28. The molecule has 0 saturated carbocycles. The Morgan fingerprint density at radius 1 is 1.11 bits per heavy atom. The van der Waals surface area contributed by atoms with Crippen molar-refractivity contribution >= 4 is 17.4 Å². The SMILES string of the molecule is Cc1nc(Sc2cc(F)ccc2N)nc(C)c1C. The first-order chi connectivity index (χ1) is 8.47. The Kier molecular flexibility index (Phi) is 3.52. The predicted molar refractivity (Wildman–Crippen MR) is 71.2 cm³/mol. The Bertz CT molecular complexity index is 576. The first-order valence-electron chi connectivity index (χ1n) is 5.52. The average molecular weight is 263 g/mol. The summed E-state index contributed by atoms with van der Waals surface area (Å²) >= 11 is 1.28. The van der Waals surface area contributed by atoms with Gasteiger partial charge in [0.1, 0.15) is 5.82 Å². The summed E-state index contributed by atoms with van der Waals surface area (Å²) < 4.78 is 13.2. The number of aryl methyl sites for hydroxylation is 2. The van der Waals surface area contributed by atoms with E-state index in [2.05, 4.69) is 9.97 Å². The number of nitrogens with two attached hydrogens (primary N) is 1. The van der Waals surface area contributed by atoms with E-state index in [-0.39, 0.29) is 5.82 Å². The Labute approximate surface area is 110 Å². The average Bonchev–Trinajstić information content (AvgIpc) is 2.31. The van der Waals surface area contributed by atoms with E-state index < -0.39 is 0 Å². The van der Waals surface area contributed by atoms with Crippen molar-refractivity contribution < 1.29 is 4.39 Å². The summed E-state index contributed by atoms with van der Waals surface area (Å²) in [6.07, 6.45) is 0. The smallest absolute Gasteiger partial charge is 0.192 e. The van der Waals surface area contributed by atoms with Crippen molar-refractivity contribution in [1.82, 2.24) is 9.97 Å². The van der Waals surface area contributed by atoms with E-state index in [9.17, 15) is 4.39 Å². The molecule has 0 aliphatic heterocycles. The van der Waals surface area contributed by atoms with Crippen LogP contribution in [0.4, 0.5) is 10.1 Å². The van der Waals surface area contributed by atoms with E-state index in [0.29, 0.717) is 15.7 Å². The number of nitrogen functional groups attached to an aromatic ring is 1. The quantitative estimate of drug-likeness (QED) is 0.667. The van der Waals surface area contributed by atoms with E-state index in [0.717, 1.165) is 17.0 Å². The second-order valence-electron chi connectivity index (χ2n) is 4.09. The maximum absolute atomic E-state index is 13.2. The standard InChI is InChI=1S/C13H14FN3S/c1-7-8(2)16-13(17-9(7)3)18-12-6-10(14)4-5-11(12)15/h4-6H,15H2,1-3H3. The van der Waals surface area contributed by atoms with Crippen LogP contribution in [0.2, 0.25) is 0 Å². The lowest BCUT2D eigenvalue weighted by Crippen LogP contribution is -1.98. The van der Waals surface area contributed by atoms with Gasteiger partial charge in [0, 0.05) is 22.0 Å². The molecule has 0 spiro atoms. The molecule has 3 nitrogen and oxygen atoms in total. The van der Waals surface area contributed by atoms with Gasteiger partial charge in [0.2, 0.25) is 0 Å². The fraction of sp³-hybridized carbons (Fsp3) is 0.231. The van der Waals surface area contributed by atoms with Gasteiger partial charge in [0.15, 0.2) is 5.16 Å². The highest BCUT2D eigenvalue weighted by Crippen LogP contribution is 2.31. The van der Waals surface area contributed by atoms with Gasteiger partial charge in [-0.05, 0) is 56.3 Å². The minimum atomic E-state index is -0.313. The second-order valence-corrected chi connectivity index (χ2v) is 5.10. The molecule has 0 aliphatic rings.